The molecule has 0 aliphatic rings. The van der Waals surface area contributed by atoms with Gasteiger partial charge in [-0.25, -0.2) is 0 Å². The molecule has 44 heavy (non-hydrogen) atoms. The van der Waals surface area contributed by atoms with E-state index >= 15 is 0 Å². The van der Waals surface area contributed by atoms with Crippen LogP contribution in [0.3, 0.4) is 0 Å². The Morgan fingerprint density at radius 1 is 0.409 bits per heavy atom. The molecule has 0 radical (unpaired) electrons. The molecule has 0 fully saturated rings. The molecule has 0 rings (SSSR count). The highest BCUT2D eigenvalue weighted by molar-refractivity contribution is 5.72. The fraction of sp³-hybridized carbons (Fsp3) is 0.929. The van der Waals surface area contributed by atoms with Crippen molar-refractivity contribution in [3.63, 3.8) is 0 Å². The van der Waals surface area contributed by atoms with Crippen LogP contribution in [-0.4, -0.2) is 12.6 Å². The summed E-state index contributed by atoms with van der Waals surface area (Å²) < 4.78 is 5.85. The Morgan fingerprint density at radius 2 is 0.705 bits per heavy atom. The van der Waals surface area contributed by atoms with Crippen LogP contribution in [-0.2, 0) is 9.53 Å². The van der Waals surface area contributed by atoms with Crippen molar-refractivity contribution >= 4 is 5.97 Å². The van der Waals surface area contributed by atoms with Crippen molar-refractivity contribution < 1.29 is 9.53 Å². The maximum absolute atomic E-state index is 13.0. The summed E-state index contributed by atoms with van der Waals surface area (Å²) in [6.07, 6.45) is 49.4. The number of ether oxygens (including phenoxy) is 1. The lowest BCUT2D eigenvalue weighted by atomic mass is 9.94. The van der Waals surface area contributed by atoms with Crippen LogP contribution in [0.15, 0.2) is 12.2 Å². The van der Waals surface area contributed by atoms with Crippen molar-refractivity contribution in [2.45, 2.75) is 239 Å². The molecule has 0 aromatic heterocycles. The van der Waals surface area contributed by atoms with Crippen molar-refractivity contribution in [1.29, 1.82) is 0 Å². The summed E-state index contributed by atoms with van der Waals surface area (Å²) >= 11 is 0. The average Bonchev–Trinajstić information content (AvgIpc) is 3.03. The second-order valence-electron chi connectivity index (χ2n) is 14.0. The Labute approximate surface area is 278 Å². The van der Waals surface area contributed by atoms with Crippen molar-refractivity contribution in [2.24, 2.45) is 5.92 Å². The topological polar surface area (TPSA) is 26.3 Å². The molecule has 0 amide bonds. The van der Waals surface area contributed by atoms with E-state index in [1.807, 2.05) is 0 Å². The normalized spacial score (nSPS) is 12.3. The Kier molecular flexibility index (Phi) is 37.7. The van der Waals surface area contributed by atoms with Gasteiger partial charge in [0, 0.05) is 0 Å². The summed E-state index contributed by atoms with van der Waals surface area (Å²) in [6, 6.07) is 0. The molecule has 0 saturated carbocycles. The number of esters is 1. The number of carbonyl (C=O) groups excluding carboxylic acids is 1. The molecule has 0 N–H and O–H groups in total. The minimum Gasteiger partial charge on any atom is -0.465 e. The largest absolute Gasteiger partial charge is 0.465 e. The molecule has 0 saturated heterocycles. The zero-order chi connectivity index (χ0) is 32.0. The highest BCUT2D eigenvalue weighted by Gasteiger charge is 2.19. The number of hydrogen-bond acceptors (Lipinski definition) is 2. The molecular weight excluding hydrogens is 536 g/mol. The van der Waals surface area contributed by atoms with Gasteiger partial charge >= 0.3 is 5.97 Å². The van der Waals surface area contributed by atoms with Crippen molar-refractivity contribution in [2.75, 3.05) is 6.61 Å². The van der Waals surface area contributed by atoms with Gasteiger partial charge in [0.1, 0.15) is 0 Å². The zero-order valence-electron chi connectivity index (χ0n) is 30.8. The molecule has 0 bridgehead atoms. The lowest BCUT2D eigenvalue weighted by molar-refractivity contribution is -0.149. The second kappa shape index (κ2) is 38.4. The quantitative estimate of drug-likeness (QED) is 0.0393. The maximum Gasteiger partial charge on any atom is 0.308 e. The van der Waals surface area contributed by atoms with Crippen molar-refractivity contribution in [3.05, 3.63) is 12.2 Å². The molecule has 0 aromatic carbocycles. The minimum absolute atomic E-state index is 0.107. The third-order valence-corrected chi connectivity index (χ3v) is 9.55. The molecule has 0 aliphatic heterocycles. The Morgan fingerprint density at radius 3 is 1.09 bits per heavy atom. The summed E-state index contributed by atoms with van der Waals surface area (Å²) in [5.41, 5.74) is 0. The summed E-state index contributed by atoms with van der Waals surface area (Å²) in [4.78, 5) is 13.0. The van der Waals surface area contributed by atoms with Gasteiger partial charge in [-0.15, -0.1) is 0 Å². The smallest absolute Gasteiger partial charge is 0.308 e. The zero-order valence-corrected chi connectivity index (χ0v) is 30.8. The van der Waals surface area contributed by atoms with E-state index in [2.05, 4.69) is 32.9 Å². The van der Waals surface area contributed by atoms with Crippen molar-refractivity contribution in [3.8, 4) is 0 Å². The number of unbranched alkanes of at least 4 members (excludes halogenated alkanes) is 28. The molecule has 2 heteroatoms. The van der Waals surface area contributed by atoms with Crippen LogP contribution >= 0.6 is 0 Å². The van der Waals surface area contributed by atoms with Gasteiger partial charge < -0.3 is 4.74 Å². The van der Waals surface area contributed by atoms with E-state index in [0.29, 0.717) is 6.61 Å². The van der Waals surface area contributed by atoms with E-state index in [9.17, 15) is 4.79 Å². The van der Waals surface area contributed by atoms with Crippen LogP contribution in [0, 0.1) is 5.92 Å². The average molecular weight is 619 g/mol. The molecule has 2 nitrogen and oxygen atoms in total. The molecule has 0 aromatic rings. The van der Waals surface area contributed by atoms with E-state index in [1.54, 1.807) is 0 Å². The second-order valence-corrected chi connectivity index (χ2v) is 14.0. The summed E-state index contributed by atoms with van der Waals surface area (Å²) in [6.45, 7) is 7.49. The van der Waals surface area contributed by atoms with Crippen LogP contribution in [0.5, 0.6) is 0 Å². The first kappa shape index (κ1) is 43.2. The van der Waals surface area contributed by atoms with Gasteiger partial charge in [0.15, 0.2) is 0 Å². The molecule has 0 aliphatic carbocycles. The molecular formula is C42H82O2. The monoisotopic (exact) mass is 619 g/mol. The predicted octanol–water partition coefficient (Wildman–Crippen LogP) is 15.0. The molecule has 0 spiro atoms. The summed E-state index contributed by atoms with van der Waals surface area (Å²) in [5, 5.41) is 0. The first-order valence-electron chi connectivity index (χ1n) is 20.6. The van der Waals surface area contributed by atoms with Gasteiger partial charge in [0.2, 0.25) is 0 Å². The van der Waals surface area contributed by atoms with E-state index < -0.39 is 0 Å². The van der Waals surface area contributed by atoms with Gasteiger partial charge in [0.05, 0.1) is 12.5 Å². The Balaban J connectivity index is 4.10. The van der Waals surface area contributed by atoms with Gasteiger partial charge in [-0.3, -0.25) is 4.79 Å². The van der Waals surface area contributed by atoms with E-state index in [0.717, 1.165) is 19.3 Å². The number of allylic oxidation sites excluding steroid dienone is 2. The molecule has 1 atom stereocenters. The number of rotatable bonds is 37. The third kappa shape index (κ3) is 34.1. The lowest BCUT2D eigenvalue weighted by Gasteiger charge is -2.16. The first-order chi connectivity index (χ1) is 21.8. The Bertz CT molecular complexity index is 568. The van der Waals surface area contributed by atoms with Crippen LogP contribution in [0.4, 0.5) is 0 Å². The SMILES string of the molecule is CCCCCC/C=C\CCCCCCC(CCCCCCCCCCCCC)C(=O)OCCCCCCCCCCCCC. The van der Waals surface area contributed by atoms with E-state index in [4.69, 9.17) is 4.74 Å². The van der Waals surface area contributed by atoms with Crippen LogP contribution in [0.2, 0.25) is 0 Å². The van der Waals surface area contributed by atoms with E-state index in [-0.39, 0.29) is 11.9 Å². The number of hydrogen-bond donors (Lipinski definition) is 0. The standard InChI is InChI=1S/C42H82O2/c1-4-7-10-13-16-19-22-24-27-30-33-36-39-41(38-35-32-29-26-23-20-17-14-11-8-5-2)42(43)44-40-37-34-31-28-25-21-18-15-12-9-6-3/h19,22,41H,4-18,20-21,23-40H2,1-3H3/b22-19-. The highest BCUT2D eigenvalue weighted by atomic mass is 16.5. The maximum atomic E-state index is 13.0. The summed E-state index contributed by atoms with van der Waals surface area (Å²) in [5.74, 6) is 0.236. The fourth-order valence-corrected chi connectivity index (χ4v) is 6.42. The molecule has 1 unspecified atom stereocenters. The van der Waals surface area contributed by atoms with Crippen LogP contribution in [0.25, 0.3) is 0 Å². The number of carbonyl (C=O) groups is 1. The van der Waals surface area contributed by atoms with Gasteiger partial charge in [0.25, 0.3) is 0 Å². The van der Waals surface area contributed by atoms with Gasteiger partial charge in [-0.1, -0.05) is 206 Å². The third-order valence-electron chi connectivity index (χ3n) is 9.55. The predicted molar refractivity (Wildman–Crippen MR) is 198 cm³/mol. The van der Waals surface area contributed by atoms with Crippen LogP contribution in [0.1, 0.15) is 239 Å². The van der Waals surface area contributed by atoms with Gasteiger partial charge in [-0.2, -0.15) is 0 Å². The molecule has 262 valence electrons. The molecule has 0 heterocycles. The van der Waals surface area contributed by atoms with Crippen molar-refractivity contribution in [1.82, 2.24) is 0 Å². The summed E-state index contributed by atoms with van der Waals surface area (Å²) in [7, 11) is 0. The Hall–Kier alpha value is -0.790. The van der Waals surface area contributed by atoms with E-state index in [1.165, 1.54) is 199 Å². The lowest BCUT2D eigenvalue weighted by Crippen LogP contribution is -2.18. The first-order valence-corrected chi connectivity index (χ1v) is 20.6. The minimum atomic E-state index is 0.107. The van der Waals surface area contributed by atoms with Gasteiger partial charge in [-0.05, 0) is 44.9 Å². The fourth-order valence-electron chi connectivity index (χ4n) is 6.42. The van der Waals surface area contributed by atoms with Crippen LogP contribution < -0.4 is 0 Å². The highest BCUT2D eigenvalue weighted by Crippen LogP contribution is 2.21.